The Kier molecular flexibility index (Phi) is 9.60. The van der Waals surface area contributed by atoms with Crippen LogP contribution in [0.4, 0.5) is 28.2 Å². The fourth-order valence-corrected chi connectivity index (χ4v) is 5.62. The molecule has 2 aliphatic rings. The lowest BCUT2D eigenvalue weighted by atomic mass is 10.0. The van der Waals surface area contributed by atoms with Gasteiger partial charge in [0.2, 0.25) is 0 Å². The number of rotatable bonds is 9. The maximum absolute atomic E-state index is 15.3. The van der Waals surface area contributed by atoms with Gasteiger partial charge < -0.3 is 20.3 Å². The third kappa shape index (κ3) is 6.83. The summed E-state index contributed by atoms with van der Waals surface area (Å²) >= 11 is 0. The number of piperazine rings is 1. The molecular weight excluding hydrogens is 616 g/mol. The van der Waals surface area contributed by atoms with Crippen molar-refractivity contribution in [2.45, 2.75) is 37.8 Å². The van der Waals surface area contributed by atoms with Crippen molar-refractivity contribution >= 4 is 23.7 Å². The zero-order valence-electron chi connectivity index (χ0n) is 24.4. The summed E-state index contributed by atoms with van der Waals surface area (Å²) in [5.41, 5.74) is 3.07. The van der Waals surface area contributed by atoms with E-state index in [9.17, 15) is 33.1 Å². The van der Waals surface area contributed by atoms with Gasteiger partial charge in [-0.1, -0.05) is 0 Å². The molecule has 1 aliphatic heterocycles. The number of carbonyl (C=O) groups excluding carboxylic acids is 2. The number of aliphatic carboxylic acids is 1. The van der Waals surface area contributed by atoms with E-state index in [1.165, 1.54) is 4.90 Å². The Morgan fingerprint density at radius 2 is 1.59 bits per heavy atom. The molecule has 1 atom stereocenters. The molecule has 244 valence electrons. The van der Waals surface area contributed by atoms with Crippen LogP contribution in [0.3, 0.4) is 0 Å². The molecule has 0 spiro atoms. The van der Waals surface area contributed by atoms with Gasteiger partial charge in [-0.05, 0) is 43.9 Å². The van der Waals surface area contributed by atoms with Crippen LogP contribution in [-0.4, -0.2) is 82.3 Å². The molecule has 0 radical (unpaired) electrons. The molecule has 3 N–H and O–H groups in total. The van der Waals surface area contributed by atoms with E-state index >= 15 is 8.78 Å². The molecule has 1 aliphatic carbocycles. The van der Waals surface area contributed by atoms with Gasteiger partial charge >= 0.3 is 12.1 Å². The number of carboxylic acid groups (broad SMARTS) is 1. The lowest BCUT2D eigenvalue weighted by Gasteiger charge is -2.38. The second kappa shape index (κ2) is 13.6. The number of carbonyl (C=O) groups is 3. The molecule has 1 aromatic heterocycles. The number of nitrogens with zero attached hydrogens (tertiary/aromatic N) is 3. The Balaban J connectivity index is 1.26. The minimum Gasteiger partial charge on any atom is -0.492 e. The lowest BCUT2D eigenvalue weighted by molar-refractivity contribution is -0.145. The third-order valence-electron chi connectivity index (χ3n) is 7.99. The predicted molar refractivity (Wildman–Crippen MR) is 155 cm³/mol. The molecular formula is C31H30F4N4O7. The number of nitrogen functional groups attached to an aromatic ring is 1. The molecule has 46 heavy (non-hydrogen) atoms. The van der Waals surface area contributed by atoms with E-state index in [1.807, 2.05) is 0 Å². The summed E-state index contributed by atoms with van der Waals surface area (Å²) in [6.07, 6.45) is 2.51. The fraction of sp³-hybridized carbons (Fsp3) is 0.355. The number of carboxylic acids is 1. The molecule has 3 aromatic rings. The Hall–Kier alpha value is -4.92. The molecule has 0 bridgehead atoms. The molecule has 1 saturated carbocycles. The predicted octanol–water partition coefficient (Wildman–Crippen LogP) is 3.74. The van der Waals surface area contributed by atoms with E-state index < -0.39 is 75.3 Å². The quantitative estimate of drug-likeness (QED) is 0.263. The smallest absolute Gasteiger partial charge is 0.410 e. The van der Waals surface area contributed by atoms with Crippen molar-refractivity contribution < 1.29 is 46.5 Å². The standard InChI is InChI=1S/C31H30F4N4O7/c32-17-5-6-20(22(33)13-17)28(41)21-7-8-26(40)39(29(21)36)27-23(34)14-19(15-24(27)35)45-12-11-37-9-10-38(25(16-37)30(42)43)31(44)46-18-3-1-2-4-18/h5-8,13-15,18,25H,1-4,9-12,16,36H2,(H,42,43). The highest BCUT2D eigenvalue weighted by Gasteiger charge is 2.37. The van der Waals surface area contributed by atoms with Gasteiger partial charge in [0.05, 0.1) is 11.1 Å². The molecule has 1 unspecified atom stereocenters. The summed E-state index contributed by atoms with van der Waals surface area (Å²) in [7, 11) is 0. The minimum absolute atomic E-state index is 0.0147. The number of amides is 1. The van der Waals surface area contributed by atoms with Crippen molar-refractivity contribution in [1.82, 2.24) is 14.4 Å². The summed E-state index contributed by atoms with van der Waals surface area (Å²) in [5.74, 6) is -7.81. The van der Waals surface area contributed by atoms with Crippen LogP contribution in [0.15, 0.2) is 47.3 Å². The lowest BCUT2D eigenvalue weighted by Crippen LogP contribution is -2.59. The summed E-state index contributed by atoms with van der Waals surface area (Å²) in [5, 5.41) is 9.71. The van der Waals surface area contributed by atoms with Crippen LogP contribution < -0.4 is 16.0 Å². The summed E-state index contributed by atoms with van der Waals surface area (Å²) in [6, 6.07) is 4.46. The van der Waals surface area contributed by atoms with Crippen molar-refractivity contribution in [3.8, 4) is 11.4 Å². The summed E-state index contributed by atoms with van der Waals surface area (Å²) < 4.78 is 69.5. The number of pyridine rings is 1. The van der Waals surface area contributed by atoms with E-state index in [4.69, 9.17) is 15.2 Å². The van der Waals surface area contributed by atoms with Crippen LogP contribution >= 0.6 is 0 Å². The number of benzene rings is 2. The molecule has 15 heteroatoms. The van der Waals surface area contributed by atoms with E-state index in [0.29, 0.717) is 17.2 Å². The molecule has 1 saturated heterocycles. The summed E-state index contributed by atoms with van der Waals surface area (Å²) in [6.45, 7) is 0.460. The highest BCUT2D eigenvalue weighted by Crippen LogP contribution is 2.28. The number of hydrogen-bond acceptors (Lipinski definition) is 8. The first-order chi connectivity index (χ1) is 21.9. The Labute approximate surface area is 259 Å². The first-order valence-corrected chi connectivity index (χ1v) is 14.5. The SMILES string of the molecule is Nc1c(C(=O)c2ccc(F)cc2F)ccc(=O)n1-c1c(F)cc(OCCN2CCN(C(=O)OC3CCCC3)C(C(=O)O)C2)cc1F. The van der Waals surface area contributed by atoms with Crippen LogP contribution in [0, 0.1) is 23.3 Å². The van der Waals surface area contributed by atoms with Crippen molar-refractivity contribution in [1.29, 1.82) is 0 Å². The number of nitrogens with two attached hydrogens (primary N) is 1. The summed E-state index contributed by atoms with van der Waals surface area (Å²) in [4.78, 5) is 53.0. The average molecular weight is 647 g/mol. The molecule has 2 heterocycles. The minimum atomic E-state index is -1.26. The first-order valence-electron chi connectivity index (χ1n) is 14.5. The van der Waals surface area contributed by atoms with Crippen molar-refractivity contribution in [3.05, 3.63) is 87.2 Å². The van der Waals surface area contributed by atoms with Gasteiger partial charge in [0.15, 0.2) is 17.4 Å². The largest absolute Gasteiger partial charge is 0.492 e. The van der Waals surface area contributed by atoms with Crippen molar-refractivity contribution in [2.75, 3.05) is 38.5 Å². The Bertz CT molecular complexity index is 1700. The first kappa shape index (κ1) is 32.5. The number of aromatic nitrogens is 1. The van der Waals surface area contributed by atoms with Gasteiger partial charge in [-0.25, -0.2) is 27.2 Å². The second-order valence-corrected chi connectivity index (χ2v) is 11.0. The molecule has 1 amide bonds. The van der Waals surface area contributed by atoms with Gasteiger partial charge in [0, 0.05) is 50.4 Å². The van der Waals surface area contributed by atoms with Crippen LogP contribution in [-0.2, 0) is 9.53 Å². The van der Waals surface area contributed by atoms with E-state index in [1.54, 1.807) is 4.90 Å². The van der Waals surface area contributed by atoms with Gasteiger partial charge in [-0.15, -0.1) is 0 Å². The number of ether oxygens (including phenoxy) is 2. The fourth-order valence-electron chi connectivity index (χ4n) is 5.62. The third-order valence-corrected chi connectivity index (χ3v) is 7.99. The van der Waals surface area contributed by atoms with Crippen LogP contribution in [0.2, 0.25) is 0 Å². The van der Waals surface area contributed by atoms with Crippen molar-refractivity contribution in [2.24, 2.45) is 0 Å². The Morgan fingerprint density at radius 1 is 0.913 bits per heavy atom. The molecule has 5 rings (SSSR count). The Morgan fingerprint density at radius 3 is 2.24 bits per heavy atom. The molecule has 2 fully saturated rings. The van der Waals surface area contributed by atoms with Gasteiger partial charge in [0.25, 0.3) is 5.56 Å². The number of hydrogen-bond donors (Lipinski definition) is 2. The zero-order chi connectivity index (χ0) is 33.1. The number of halogens is 4. The maximum Gasteiger partial charge on any atom is 0.410 e. The monoisotopic (exact) mass is 646 g/mol. The highest BCUT2D eigenvalue weighted by atomic mass is 19.1. The maximum atomic E-state index is 15.3. The highest BCUT2D eigenvalue weighted by molar-refractivity contribution is 6.11. The molecule has 11 nitrogen and oxygen atoms in total. The topological polar surface area (TPSA) is 144 Å². The average Bonchev–Trinajstić information content (AvgIpc) is 3.51. The normalized spacial score (nSPS) is 17.2. The van der Waals surface area contributed by atoms with Crippen LogP contribution in [0.5, 0.6) is 5.75 Å². The van der Waals surface area contributed by atoms with Crippen LogP contribution in [0.1, 0.15) is 41.6 Å². The van der Waals surface area contributed by atoms with Crippen molar-refractivity contribution in [3.63, 3.8) is 0 Å². The van der Waals surface area contributed by atoms with E-state index in [2.05, 4.69) is 0 Å². The van der Waals surface area contributed by atoms with Crippen LogP contribution in [0.25, 0.3) is 5.69 Å². The van der Waals surface area contributed by atoms with Gasteiger partial charge in [-0.2, -0.15) is 0 Å². The zero-order valence-corrected chi connectivity index (χ0v) is 24.4. The van der Waals surface area contributed by atoms with Gasteiger partial charge in [-0.3, -0.25) is 24.0 Å². The second-order valence-electron chi connectivity index (χ2n) is 11.0. The number of ketones is 1. The van der Waals surface area contributed by atoms with Gasteiger partial charge in [0.1, 0.15) is 47.6 Å². The number of anilines is 1. The van der Waals surface area contributed by atoms with E-state index in [0.717, 1.165) is 62.1 Å². The van der Waals surface area contributed by atoms with E-state index in [-0.39, 0.29) is 38.1 Å². The molecule has 2 aromatic carbocycles.